The van der Waals surface area contributed by atoms with Crippen LogP contribution in [0.25, 0.3) is 0 Å². The van der Waals surface area contributed by atoms with Gasteiger partial charge in [-0.2, -0.15) is 17.6 Å². The van der Waals surface area contributed by atoms with Gasteiger partial charge in [-0.05, 0) is 67.9 Å². The number of hydrogen-bond donors (Lipinski definition) is 0. The molecule has 11 heteroatoms. The van der Waals surface area contributed by atoms with E-state index in [-0.39, 0.29) is 43.7 Å². The molecule has 0 bridgehead atoms. The molecule has 0 aromatic heterocycles. The van der Waals surface area contributed by atoms with Crippen LogP contribution in [0.5, 0.6) is 5.75 Å². The van der Waals surface area contributed by atoms with Crippen molar-refractivity contribution in [3.05, 3.63) is 64.5 Å². The number of hydrogen-bond acceptors (Lipinski definition) is 3. The second-order valence-corrected chi connectivity index (χ2v) is 13.6. The highest BCUT2D eigenvalue weighted by molar-refractivity contribution is 5.34. The lowest BCUT2D eigenvalue weighted by Gasteiger charge is -2.38. The number of rotatable bonds is 12. The minimum Gasteiger partial charge on any atom is -0.432 e. The van der Waals surface area contributed by atoms with E-state index in [9.17, 15) is 30.7 Å². The minimum atomic E-state index is -4.45. The highest BCUT2D eigenvalue weighted by Gasteiger charge is 2.45. The first kappa shape index (κ1) is 35.9. The summed E-state index contributed by atoms with van der Waals surface area (Å²) in [6, 6.07) is 5.15. The summed E-state index contributed by atoms with van der Waals surface area (Å²) < 4.78 is 130. The lowest BCUT2D eigenvalue weighted by Crippen LogP contribution is -2.37. The van der Waals surface area contributed by atoms with Crippen LogP contribution in [0.3, 0.4) is 0 Å². The first-order valence-corrected chi connectivity index (χ1v) is 16.9. The van der Waals surface area contributed by atoms with Crippen molar-refractivity contribution in [2.75, 3.05) is 19.9 Å². The Morgan fingerprint density at radius 3 is 1.98 bits per heavy atom. The zero-order valence-corrected chi connectivity index (χ0v) is 26.7. The van der Waals surface area contributed by atoms with Crippen molar-refractivity contribution in [1.82, 2.24) is 0 Å². The number of halogens is 8. The maximum Gasteiger partial charge on any atom is 0.400 e. The smallest absolute Gasteiger partial charge is 0.400 e. The molecule has 0 N–H and O–H groups in total. The van der Waals surface area contributed by atoms with Crippen LogP contribution in [-0.4, -0.2) is 26.0 Å². The third-order valence-corrected chi connectivity index (χ3v) is 10.4. The van der Waals surface area contributed by atoms with Gasteiger partial charge in [0, 0.05) is 23.6 Å². The number of benzene rings is 2. The lowest BCUT2D eigenvalue weighted by atomic mass is 9.74. The van der Waals surface area contributed by atoms with Crippen LogP contribution in [0.4, 0.5) is 35.1 Å². The molecule has 1 heterocycles. The van der Waals surface area contributed by atoms with Gasteiger partial charge in [-0.15, -0.1) is 0 Å². The summed E-state index contributed by atoms with van der Waals surface area (Å²) in [6.07, 6.45) is 5.81. The van der Waals surface area contributed by atoms with Crippen LogP contribution < -0.4 is 4.74 Å². The fraction of sp³-hybridized carbons (Fsp3) is 0.667. The summed E-state index contributed by atoms with van der Waals surface area (Å²) in [5, 5.41) is 0. The monoisotopic (exact) mass is 676 g/mol. The van der Waals surface area contributed by atoms with Gasteiger partial charge < -0.3 is 14.2 Å². The molecule has 47 heavy (non-hydrogen) atoms. The van der Waals surface area contributed by atoms with Crippen molar-refractivity contribution < 1.29 is 49.3 Å². The molecule has 2 aromatic rings. The highest BCUT2D eigenvalue weighted by Crippen LogP contribution is 2.45. The second kappa shape index (κ2) is 15.4. The van der Waals surface area contributed by atoms with Crippen LogP contribution in [0.1, 0.15) is 113 Å². The topological polar surface area (TPSA) is 27.7 Å². The first-order chi connectivity index (χ1) is 22.4. The summed E-state index contributed by atoms with van der Waals surface area (Å²) in [5.41, 5.74) is -0.886. The summed E-state index contributed by atoms with van der Waals surface area (Å²) in [5.74, 6) is -9.64. The molecule has 2 aromatic carbocycles. The standard InChI is InChI=1S/C36H44F8O3/c1-2-3-4-5-22-6-8-23(9-7-22)26-19-45-34(46-20-26)25-12-15-29(30(38)16-25)24-10-13-27(14-11-24)36(43,44)47-28-17-31(39)33(32(40)18-28)35(41,42)21-37/h12,15-18,22-24,26-27,34H,2-11,13-14,19-21H2,1H3. The van der Waals surface area contributed by atoms with E-state index in [1.165, 1.54) is 57.4 Å². The molecule has 5 rings (SSSR count). The van der Waals surface area contributed by atoms with Crippen molar-refractivity contribution >= 4 is 0 Å². The molecule has 1 aliphatic heterocycles. The van der Waals surface area contributed by atoms with Gasteiger partial charge in [0.05, 0.1) is 24.7 Å². The lowest BCUT2D eigenvalue weighted by molar-refractivity contribution is -0.222. The zero-order valence-electron chi connectivity index (χ0n) is 26.7. The van der Waals surface area contributed by atoms with Gasteiger partial charge in [-0.3, -0.25) is 0 Å². The van der Waals surface area contributed by atoms with E-state index in [1.807, 2.05) is 0 Å². The maximum absolute atomic E-state index is 15.3. The molecule has 0 radical (unpaired) electrons. The van der Waals surface area contributed by atoms with Gasteiger partial charge in [0.2, 0.25) is 0 Å². The first-order valence-electron chi connectivity index (χ1n) is 16.9. The van der Waals surface area contributed by atoms with E-state index in [1.54, 1.807) is 12.1 Å². The molecule has 3 aliphatic rings. The molecule has 262 valence electrons. The van der Waals surface area contributed by atoms with Gasteiger partial charge in [-0.25, -0.2) is 17.6 Å². The van der Waals surface area contributed by atoms with Crippen LogP contribution in [-0.2, 0) is 15.4 Å². The second-order valence-electron chi connectivity index (χ2n) is 13.6. The Balaban J connectivity index is 1.10. The van der Waals surface area contributed by atoms with Crippen molar-refractivity contribution in [1.29, 1.82) is 0 Å². The SMILES string of the molecule is CCCCCC1CCC(C2COC(c3ccc(C4CCC(C(F)(F)Oc5cc(F)c(C(F)(F)CF)c(F)c5)CC4)c(F)c3)OC2)CC1. The molecule has 0 spiro atoms. The van der Waals surface area contributed by atoms with Gasteiger partial charge >= 0.3 is 12.0 Å². The Labute approximate surface area is 271 Å². The zero-order chi connectivity index (χ0) is 33.8. The highest BCUT2D eigenvalue weighted by atomic mass is 19.3. The Morgan fingerprint density at radius 1 is 0.766 bits per heavy atom. The van der Waals surface area contributed by atoms with Gasteiger partial charge in [0.25, 0.3) is 0 Å². The van der Waals surface area contributed by atoms with Gasteiger partial charge in [0.15, 0.2) is 13.0 Å². The molecule has 0 amide bonds. The van der Waals surface area contributed by atoms with E-state index in [2.05, 4.69) is 11.7 Å². The largest absolute Gasteiger partial charge is 0.432 e. The van der Waals surface area contributed by atoms with E-state index >= 15 is 4.39 Å². The van der Waals surface area contributed by atoms with E-state index < -0.39 is 59.7 Å². The Morgan fingerprint density at radius 2 is 1.40 bits per heavy atom. The summed E-state index contributed by atoms with van der Waals surface area (Å²) in [6.45, 7) is 0.997. The van der Waals surface area contributed by atoms with Crippen LogP contribution in [0, 0.1) is 41.1 Å². The molecule has 3 fully saturated rings. The van der Waals surface area contributed by atoms with Crippen LogP contribution in [0.15, 0.2) is 30.3 Å². The minimum absolute atomic E-state index is 0.0707. The van der Waals surface area contributed by atoms with Crippen molar-refractivity contribution in [2.45, 2.75) is 108 Å². The average molecular weight is 677 g/mol. The van der Waals surface area contributed by atoms with Crippen LogP contribution >= 0.6 is 0 Å². The average Bonchev–Trinajstić information content (AvgIpc) is 3.05. The quantitative estimate of drug-likeness (QED) is 0.165. The fourth-order valence-corrected chi connectivity index (χ4v) is 7.64. The van der Waals surface area contributed by atoms with Crippen molar-refractivity contribution in [2.24, 2.45) is 23.7 Å². The van der Waals surface area contributed by atoms with Crippen molar-refractivity contribution in [3.63, 3.8) is 0 Å². The fourth-order valence-electron chi connectivity index (χ4n) is 7.64. The van der Waals surface area contributed by atoms with Gasteiger partial charge in [-0.1, -0.05) is 57.6 Å². The number of ether oxygens (including phenoxy) is 3. The van der Waals surface area contributed by atoms with E-state index in [4.69, 9.17) is 9.47 Å². The molecule has 0 atom stereocenters. The molecule has 3 nitrogen and oxygen atoms in total. The molecular weight excluding hydrogens is 632 g/mol. The number of alkyl halides is 5. The Kier molecular flexibility index (Phi) is 11.8. The van der Waals surface area contributed by atoms with E-state index in [0.717, 1.165) is 5.92 Å². The maximum atomic E-state index is 15.3. The summed E-state index contributed by atoms with van der Waals surface area (Å²) in [7, 11) is 0. The van der Waals surface area contributed by atoms with E-state index in [0.29, 0.717) is 36.2 Å². The predicted molar refractivity (Wildman–Crippen MR) is 161 cm³/mol. The van der Waals surface area contributed by atoms with Gasteiger partial charge in [0.1, 0.15) is 23.2 Å². The molecule has 0 unspecified atom stereocenters. The third-order valence-electron chi connectivity index (χ3n) is 10.4. The summed E-state index contributed by atoms with van der Waals surface area (Å²) in [4.78, 5) is 0. The molecule has 2 saturated carbocycles. The molecular formula is C36H44F8O3. The van der Waals surface area contributed by atoms with Crippen molar-refractivity contribution in [3.8, 4) is 5.75 Å². The summed E-state index contributed by atoms with van der Waals surface area (Å²) >= 11 is 0. The number of unbranched alkanes of at least 4 members (excludes halogenated alkanes) is 2. The molecule has 1 saturated heterocycles. The Hall–Kier alpha value is -2.40. The predicted octanol–water partition coefficient (Wildman–Crippen LogP) is 11.2. The Bertz CT molecular complexity index is 1290. The third kappa shape index (κ3) is 8.61. The normalized spacial score (nSPS) is 27.5. The van der Waals surface area contributed by atoms with Crippen LogP contribution in [0.2, 0.25) is 0 Å². The molecule has 2 aliphatic carbocycles.